The summed E-state index contributed by atoms with van der Waals surface area (Å²) in [6.07, 6.45) is -4.55. The first kappa shape index (κ1) is 18.6. The van der Waals surface area contributed by atoms with Crippen LogP contribution in [0.15, 0.2) is 18.2 Å². The van der Waals surface area contributed by atoms with Gasteiger partial charge in [-0.15, -0.1) is 0 Å². The summed E-state index contributed by atoms with van der Waals surface area (Å²) in [5.74, 6) is 3.87. The molecule has 4 nitrogen and oxygen atoms in total. The summed E-state index contributed by atoms with van der Waals surface area (Å²) >= 11 is 5.89. The lowest BCUT2D eigenvalue weighted by Crippen LogP contribution is -2.54. The second-order valence-corrected chi connectivity index (χ2v) is 6.67. The van der Waals surface area contributed by atoms with Crippen LogP contribution in [0.5, 0.6) is 0 Å². The number of benzene rings is 1. The Hall–Kier alpha value is -2.20. The zero-order valence-corrected chi connectivity index (χ0v) is 14.6. The summed E-state index contributed by atoms with van der Waals surface area (Å²) in [5.41, 5.74) is -3.79. The molecule has 1 saturated carbocycles. The normalized spacial score (nSPS) is 22.2. The van der Waals surface area contributed by atoms with Crippen LogP contribution in [0.1, 0.15) is 38.2 Å². The Labute approximate surface area is 153 Å². The number of carbonyl (C=O) groups is 2. The number of fused-ring (bicyclic) bond motifs is 1. The summed E-state index contributed by atoms with van der Waals surface area (Å²) in [6, 6.07) is 3.58. The van der Waals surface area contributed by atoms with Gasteiger partial charge in [0.05, 0.1) is 5.69 Å². The number of alkyl halides is 3. The zero-order chi connectivity index (χ0) is 19.1. The molecule has 1 fully saturated rings. The van der Waals surface area contributed by atoms with Crippen molar-refractivity contribution < 1.29 is 27.5 Å². The molecule has 0 spiro atoms. The van der Waals surface area contributed by atoms with Crippen molar-refractivity contribution in [2.75, 3.05) is 4.90 Å². The summed E-state index contributed by atoms with van der Waals surface area (Å²) in [7, 11) is 0. The molecule has 0 radical (unpaired) electrons. The number of rotatable bonds is 2. The maximum atomic E-state index is 14.0. The van der Waals surface area contributed by atoms with Crippen LogP contribution in [0.3, 0.4) is 0 Å². The third-order valence-electron chi connectivity index (χ3n) is 4.14. The quantitative estimate of drug-likeness (QED) is 0.687. The van der Waals surface area contributed by atoms with Gasteiger partial charge in [-0.05, 0) is 43.4 Å². The summed E-state index contributed by atoms with van der Waals surface area (Å²) in [4.78, 5) is 25.3. The molecule has 1 aliphatic carbocycles. The highest BCUT2D eigenvalue weighted by atomic mass is 35.5. The number of anilines is 1. The number of hydrogen-bond acceptors (Lipinski definition) is 3. The third kappa shape index (κ3) is 3.14. The standard InChI is InChI=1S/C18H15ClF3NO3/c1-2-3-15(24)23-14-7-6-12(19)10-13(14)17(18(20,21)22,26-16(23)25)9-8-11-4-5-11/h6-7,10-11H,2-5H2,1H3/t17-/m0/s1. The molecule has 1 aromatic rings. The highest BCUT2D eigenvalue weighted by molar-refractivity contribution is 6.31. The Bertz CT molecular complexity index is 823. The molecule has 1 atom stereocenters. The van der Waals surface area contributed by atoms with E-state index in [0.717, 1.165) is 6.07 Å². The number of carbonyl (C=O) groups excluding carboxylic acids is 2. The first-order chi connectivity index (χ1) is 12.2. The summed E-state index contributed by atoms with van der Waals surface area (Å²) in [6.45, 7) is 1.72. The van der Waals surface area contributed by atoms with Gasteiger partial charge in [0.15, 0.2) is 0 Å². The van der Waals surface area contributed by atoms with E-state index < -0.39 is 29.3 Å². The molecule has 0 unspecified atom stereocenters. The first-order valence-electron chi connectivity index (χ1n) is 8.15. The van der Waals surface area contributed by atoms with Crippen molar-refractivity contribution in [3.05, 3.63) is 28.8 Å². The van der Waals surface area contributed by atoms with Gasteiger partial charge in [0.25, 0.3) is 5.60 Å². The van der Waals surface area contributed by atoms with Crippen molar-refractivity contribution in [2.24, 2.45) is 5.92 Å². The number of imide groups is 1. The van der Waals surface area contributed by atoms with Crippen molar-refractivity contribution in [3.63, 3.8) is 0 Å². The van der Waals surface area contributed by atoms with Gasteiger partial charge in [-0.1, -0.05) is 24.4 Å². The number of hydrogen-bond donors (Lipinski definition) is 0. The van der Waals surface area contributed by atoms with E-state index in [0.29, 0.717) is 24.2 Å². The molecule has 3 rings (SSSR count). The second kappa shape index (κ2) is 6.51. The van der Waals surface area contributed by atoms with Crippen molar-refractivity contribution in [1.29, 1.82) is 0 Å². The van der Waals surface area contributed by atoms with Gasteiger partial charge >= 0.3 is 12.3 Å². The van der Waals surface area contributed by atoms with Crippen molar-refractivity contribution in [2.45, 2.75) is 44.4 Å². The number of cyclic esters (lactones) is 1. The Morgan fingerprint density at radius 1 is 1.42 bits per heavy atom. The number of nitrogens with zero attached hydrogens (tertiary/aromatic N) is 1. The van der Waals surface area contributed by atoms with Crippen LogP contribution in [-0.4, -0.2) is 18.2 Å². The molecule has 0 saturated heterocycles. The topological polar surface area (TPSA) is 46.6 Å². The number of halogens is 4. The smallest absolute Gasteiger partial charge is 0.414 e. The van der Waals surface area contributed by atoms with E-state index >= 15 is 0 Å². The van der Waals surface area contributed by atoms with Crippen molar-refractivity contribution >= 4 is 29.3 Å². The average molecular weight is 386 g/mol. The lowest BCUT2D eigenvalue weighted by Gasteiger charge is -2.39. The molecular formula is C18H15ClF3NO3. The minimum absolute atomic E-state index is 0.00998. The number of amides is 2. The van der Waals surface area contributed by atoms with Gasteiger partial charge in [-0.25, -0.2) is 9.69 Å². The SMILES string of the molecule is CCCC(=O)N1C(=O)O[C@](C#CC2CC2)(C(F)(F)F)c2cc(Cl)ccc21. The highest BCUT2D eigenvalue weighted by Crippen LogP contribution is 2.50. The molecule has 0 aromatic heterocycles. The molecule has 2 aliphatic rings. The average Bonchev–Trinajstić information content (AvgIpc) is 3.36. The molecular weight excluding hydrogens is 371 g/mol. The predicted octanol–water partition coefficient (Wildman–Crippen LogP) is 4.79. The van der Waals surface area contributed by atoms with Crippen molar-refractivity contribution in [1.82, 2.24) is 0 Å². The minimum atomic E-state index is -5.00. The molecule has 26 heavy (non-hydrogen) atoms. The lowest BCUT2D eigenvalue weighted by molar-refractivity contribution is -0.240. The Morgan fingerprint density at radius 3 is 2.69 bits per heavy atom. The van der Waals surface area contributed by atoms with E-state index in [1.165, 1.54) is 12.1 Å². The molecule has 1 heterocycles. The largest absolute Gasteiger partial charge is 0.445 e. The summed E-state index contributed by atoms with van der Waals surface area (Å²) < 4.78 is 46.8. The van der Waals surface area contributed by atoms with E-state index in [1.54, 1.807) is 6.92 Å². The fourth-order valence-electron chi connectivity index (χ4n) is 2.68. The van der Waals surface area contributed by atoms with Crippen LogP contribution in [-0.2, 0) is 15.1 Å². The molecule has 1 aromatic carbocycles. The first-order valence-corrected chi connectivity index (χ1v) is 8.53. The van der Waals surface area contributed by atoms with Crippen LogP contribution >= 0.6 is 11.6 Å². The maximum absolute atomic E-state index is 14.0. The van der Waals surface area contributed by atoms with Gasteiger partial charge in [0, 0.05) is 22.9 Å². The Morgan fingerprint density at radius 2 is 2.12 bits per heavy atom. The maximum Gasteiger partial charge on any atom is 0.445 e. The molecule has 138 valence electrons. The van der Waals surface area contributed by atoms with Gasteiger partial charge in [-0.3, -0.25) is 4.79 Å². The van der Waals surface area contributed by atoms with Crippen LogP contribution in [0.4, 0.5) is 23.7 Å². The van der Waals surface area contributed by atoms with Crippen LogP contribution < -0.4 is 4.90 Å². The number of ether oxygens (including phenoxy) is 1. The van der Waals surface area contributed by atoms with Crippen LogP contribution in [0.2, 0.25) is 5.02 Å². The van der Waals surface area contributed by atoms with E-state index in [2.05, 4.69) is 11.8 Å². The van der Waals surface area contributed by atoms with E-state index in [4.69, 9.17) is 16.3 Å². The van der Waals surface area contributed by atoms with Gasteiger partial charge in [0.1, 0.15) is 0 Å². The van der Waals surface area contributed by atoms with Crippen molar-refractivity contribution in [3.8, 4) is 11.8 Å². The van der Waals surface area contributed by atoms with Crippen LogP contribution in [0.25, 0.3) is 0 Å². The van der Waals surface area contributed by atoms with E-state index in [-0.39, 0.29) is 23.0 Å². The van der Waals surface area contributed by atoms with Gasteiger partial charge < -0.3 is 4.74 Å². The van der Waals surface area contributed by atoms with Gasteiger partial charge in [0.2, 0.25) is 5.91 Å². The molecule has 2 amide bonds. The van der Waals surface area contributed by atoms with Gasteiger partial charge in [-0.2, -0.15) is 13.2 Å². The monoisotopic (exact) mass is 385 g/mol. The van der Waals surface area contributed by atoms with Crippen LogP contribution in [0, 0.1) is 17.8 Å². The lowest BCUT2D eigenvalue weighted by atomic mass is 9.89. The molecule has 0 bridgehead atoms. The third-order valence-corrected chi connectivity index (χ3v) is 4.38. The van der Waals surface area contributed by atoms with E-state index in [1.807, 2.05) is 0 Å². The summed E-state index contributed by atoms with van der Waals surface area (Å²) in [5, 5.41) is 0.0198. The Kier molecular flexibility index (Phi) is 4.65. The fourth-order valence-corrected chi connectivity index (χ4v) is 2.85. The zero-order valence-electron chi connectivity index (χ0n) is 13.8. The second-order valence-electron chi connectivity index (χ2n) is 6.23. The molecule has 0 N–H and O–H groups in total. The molecule has 1 aliphatic heterocycles. The Balaban J connectivity index is 2.22. The highest BCUT2D eigenvalue weighted by Gasteiger charge is 2.63. The molecule has 8 heteroatoms. The van der Waals surface area contributed by atoms with E-state index in [9.17, 15) is 22.8 Å². The predicted molar refractivity (Wildman–Crippen MR) is 88.6 cm³/mol. The minimum Gasteiger partial charge on any atom is -0.414 e. The fraction of sp³-hybridized carbons (Fsp3) is 0.444.